The van der Waals surface area contributed by atoms with Crippen molar-refractivity contribution >= 4 is 60.9 Å². The molecule has 0 saturated carbocycles. The normalized spacial score (nSPS) is 11.7. The fourth-order valence-corrected chi connectivity index (χ4v) is 5.41. The molecule has 2 heterocycles. The molecule has 2 N–H and O–H groups in total. The van der Waals surface area contributed by atoms with E-state index in [4.69, 9.17) is 9.15 Å². The number of nitrogens with zero attached hydrogens (tertiary/aromatic N) is 1. The summed E-state index contributed by atoms with van der Waals surface area (Å²) in [5.74, 6) is -1.44. The minimum absolute atomic E-state index is 0.0171. The second kappa shape index (κ2) is 11.1. The number of ether oxygens (including phenoxy) is 1. The summed E-state index contributed by atoms with van der Waals surface area (Å²) < 4.78 is 52.8. The first-order chi connectivity index (χ1) is 19.1. The minimum Gasteiger partial charge on any atom is -0.457 e. The molecule has 0 saturated heterocycles. The highest BCUT2D eigenvalue weighted by molar-refractivity contribution is 9.11. The van der Waals surface area contributed by atoms with Crippen LogP contribution >= 0.6 is 31.9 Å². The van der Waals surface area contributed by atoms with Gasteiger partial charge in [0, 0.05) is 21.0 Å². The highest BCUT2D eigenvalue weighted by Gasteiger charge is 2.34. The highest BCUT2D eigenvalue weighted by atomic mass is 79.9. The van der Waals surface area contributed by atoms with Crippen LogP contribution in [-0.4, -0.2) is 23.1 Å². The fraction of sp³-hybridized carbons (Fsp3) is 0.0357. The van der Waals surface area contributed by atoms with E-state index in [1.165, 1.54) is 36.7 Å². The van der Waals surface area contributed by atoms with Gasteiger partial charge in [0.25, 0.3) is 5.91 Å². The third kappa shape index (κ3) is 5.58. The minimum atomic E-state index is -4.64. The number of benzene rings is 3. The molecule has 0 unspecified atom stereocenters. The van der Waals surface area contributed by atoms with Gasteiger partial charge in [-0.15, -0.1) is 0 Å². The van der Waals surface area contributed by atoms with Crippen LogP contribution in [0, 0.1) is 0 Å². The van der Waals surface area contributed by atoms with Crippen LogP contribution in [0.5, 0.6) is 5.75 Å². The van der Waals surface area contributed by atoms with Gasteiger partial charge in [0.2, 0.25) is 5.76 Å². The molecule has 5 rings (SSSR count). The summed E-state index contributed by atoms with van der Waals surface area (Å²) in [5.41, 5.74) is 2.29. The zero-order valence-electron chi connectivity index (χ0n) is 20.1. The summed E-state index contributed by atoms with van der Waals surface area (Å²) in [6.07, 6.45) is -2.07. The molecule has 0 fully saturated rings. The predicted molar refractivity (Wildman–Crippen MR) is 149 cm³/mol. The number of aromatic nitrogens is 1. The molecule has 0 radical (unpaired) electrons. The zero-order chi connectivity index (χ0) is 28.4. The number of hydrazone groups is 1. The average Bonchev–Trinajstić information content (AvgIpc) is 3.59. The second-order valence-electron chi connectivity index (χ2n) is 8.34. The van der Waals surface area contributed by atoms with Gasteiger partial charge in [-0.05, 0) is 51.8 Å². The highest BCUT2D eigenvalue weighted by Crippen LogP contribution is 2.40. The van der Waals surface area contributed by atoms with E-state index in [-0.39, 0.29) is 28.1 Å². The number of furan rings is 1. The number of hydrogen-bond acceptors (Lipinski definition) is 5. The van der Waals surface area contributed by atoms with E-state index in [2.05, 4.69) is 47.4 Å². The van der Waals surface area contributed by atoms with E-state index in [0.29, 0.717) is 25.6 Å². The number of nitrogens with one attached hydrogen (secondary N) is 2. The SMILES string of the molecule is O=C(Oc1c(Br)cc(Br)cc1C=NNC(=O)c1[nH]c2c(C(F)(F)F)cccc2c1-c1ccccc1)c1ccco1. The number of alkyl halides is 3. The second-order valence-corrected chi connectivity index (χ2v) is 10.1. The molecule has 0 aliphatic heterocycles. The van der Waals surface area contributed by atoms with Crippen molar-refractivity contribution in [3.05, 3.63) is 111 Å². The summed E-state index contributed by atoms with van der Waals surface area (Å²) in [5, 5.41) is 4.22. The van der Waals surface area contributed by atoms with Crippen molar-refractivity contribution in [3.63, 3.8) is 0 Å². The van der Waals surface area contributed by atoms with Crippen molar-refractivity contribution in [2.75, 3.05) is 0 Å². The van der Waals surface area contributed by atoms with E-state index in [1.54, 1.807) is 42.5 Å². The van der Waals surface area contributed by atoms with Gasteiger partial charge in [-0.2, -0.15) is 18.3 Å². The van der Waals surface area contributed by atoms with Crippen LogP contribution in [0.3, 0.4) is 0 Å². The van der Waals surface area contributed by atoms with Crippen molar-refractivity contribution in [1.82, 2.24) is 10.4 Å². The third-order valence-corrected chi connectivity index (χ3v) is 6.80. The number of para-hydroxylation sites is 1. The van der Waals surface area contributed by atoms with Gasteiger partial charge in [-0.3, -0.25) is 4.79 Å². The fourth-order valence-electron chi connectivity index (χ4n) is 4.07. The Kier molecular flexibility index (Phi) is 7.63. The molecule has 0 bridgehead atoms. The van der Waals surface area contributed by atoms with Gasteiger partial charge < -0.3 is 14.1 Å². The topological polar surface area (TPSA) is 96.7 Å². The first kappa shape index (κ1) is 27.4. The Hall–Kier alpha value is -4.16. The predicted octanol–water partition coefficient (Wildman–Crippen LogP) is 7.95. The van der Waals surface area contributed by atoms with Gasteiger partial charge in [-0.1, -0.05) is 58.4 Å². The Morgan fingerprint density at radius 2 is 1.77 bits per heavy atom. The molecule has 2 aromatic heterocycles. The quantitative estimate of drug-likeness (QED) is 0.0827. The van der Waals surface area contributed by atoms with E-state index in [1.807, 2.05) is 0 Å². The van der Waals surface area contributed by atoms with Crippen LogP contribution in [0.4, 0.5) is 13.2 Å². The first-order valence-electron chi connectivity index (χ1n) is 11.5. The van der Waals surface area contributed by atoms with Gasteiger partial charge in [0.1, 0.15) is 5.69 Å². The van der Waals surface area contributed by atoms with Crippen LogP contribution in [0.1, 0.15) is 32.2 Å². The van der Waals surface area contributed by atoms with Gasteiger partial charge in [-0.25, -0.2) is 10.2 Å². The van der Waals surface area contributed by atoms with Crippen LogP contribution in [0.15, 0.2) is 97.5 Å². The van der Waals surface area contributed by atoms with Crippen molar-refractivity contribution < 1.29 is 31.9 Å². The first-order valence-corrected chi connectivity index (χ1v) is 13.1. The van der Waals surface area contributed by atoms with Crippen LogP contribution in [-0.2, 0) is 6.18 Å². The molecule has 202 valence electrons. The molecule has 5 aromatic rings. The smallest absolute Gasteiger partial charge is 0.418 e. The number of carbonyl (C=O) groups is 2. The molecule has 3 aromatic carbocycles. The van der Waals surface area contributed by atoms with Crippen molar-refractivity contribution in [1.29, 1.82) is 0 Å². The lowest BCUT2D eigenvalue weighted by Crippen LogP contribution is -2.19. The molecule has 7 nitrogen and oxygen atoms in total. The molecular formula is C28H16Br2F3N3O4. The molecule has 0 spiro atoms. The number of hydrogen-bond donors (Lipinski definition) is 2. The Labute approximate surface area is 241 Å². The lowest BCUT2D eigenvalue weighted by Gasteiger charge is -2.09. The molecular weight excluding hydrogens is 659 g/mol. The van der Waals surface area contributed by atoms with Gasteiger partial charge in [0.05, 0.1) is 28.0 Å². The summed E-state index contributed by atoms with van der Waals surface area (Å²) in [7, 11) is 0. The van der Waals surface area contributed by atoms with E-state index < -0.39 is 23.6 Å². The molecule has 0 aliphatic rings. The zero-order valence-corrected chi connectivity index (χ0v) is 23.2. The number of aromatic amines is 1. The molecule has 40 heavy (non-hydrogen) atoms. The van der Waals surface area contributed by atoms with Crippen molar-refractivity contribution in [3.8, 4) is 16.9 Å². The number of halogens is 5. The number of carbonyl (C=O) groups excluding carboxylic acids is 2. The summed E-state index contributed by atoms with van der Waals surface area (Å²) >= 11 is 6.69. The maximum atomic E-state index is 13.7. The van der Waals surface area contributed by atoms with Crippen LogP contribution < -0.4 is 10.2 Å². The molecule has 0 aliphatic carbocycles. The van der Waals surface area contributed by atoms with E-state index in [0.717, 1.165) is 6.07 Å². The molecule has 0 atom stereocenters. The van der Waals surface area contributed by atoms with Crippen LogP contribution in [0.25, 0.3) is 22.0 Å². The Bertz CT molecular complexity index is 1750. The summed E-state index contributed by atoms with van der Waals surface area (Å²) in [6.45, 7) is 0. The number of H-pyrrole nitrogens is 1. The maximum Gasteiger partial charge on any atom is 0.418 e. The molecule has 12 heteroatoms. The lowest BCUT2D eigenvalue weighted by molar-refractivity contribution is -0.136. The van der Waals surface area contributed by atoms with Crippen molar-refractivity contribution in [2.24, 2.45) is 5.10 Å². The monoisotopic (exact) mass is 673 g/mol. The molecule has 1 amide bonds. The Morgan fingerprint density at radius 3 is 2.48 bits per heavy atom. The van der Waals surface area contributed by atoms with Crippen molar-refractivity contribution in [2.45, 2.75) is 6.18 Å². The Balaban J connectivity index is 1.49. The average molecular weight is 675 g/mol. The number of esters is 1. The number of rotatable bonds is 6. The Morgan fingerprint density at radius 1 is 1.00 bits per heavy atom. The number of amides is 1. The maximum absolute atomic E-state index is 13.7. The number of fused-ring (bicyclic) bond motifs is 1. The largest absolute Gasteiger partial charge is 0.457 e. The third-order valence-electron chi connectivity index (χ3n) is 5.75. The van der Waals surface area contributed by atoms with E-state index >= 15 is 0 Å². The standard InChI is InChI=1S/C28H16Br2F3N3O4/c29-17-12-16(25(20(30)13-17)40-27(38)21-10-5-11-39-21)14-34-36-26(37)24-22(15-6-2-1-3-7-15)18-8-4-9-19(23(18)35-24)28(31,32)33/h1-14,35H,(H,36,37). The van der Waals surface area contributed by atoms with E-state index in [9.17, 15) is 22.8 Å². The van der Waals surface area contributed by atoms with Crippen LogP contribution in [0.2, 0.25) is 0 Å². The van der Waals surface area contributed by atoms with Gasteiger partial charge >= 0.3 is 12.1 Å². The summed E-state index contributed by atoms with van der Waals surface area (Å²) in [6, 6.07) is 18.6. The lowest BCUT2D eigenvalue weighted by atomic mass is 10.0. The summed E-state index contributed by atoms with van der Waals surface area (Å²) in [4.78, 5) is 28.4. The van der Waals surface area contributed by atoms with Gasteiger partial charge in [0.15, 0.2) is 5.75 Å².